The second-order valence-electron chi connectivity index (χ2n) is 12.2. The van der Waals surface area contributed by atoms with Crippen LogP contribution in [0.15, 0.2) is 73.4 Å². The molecular formula is C38H60N2+2. The molecule has 40 heavy (non-hydrogen) atoms. The summed E-state index contributed by atoms with van der Waals surface area (Å²) in [5.74, 6) is 0. The molecule has 2 aromatic rings. The van der Waals surface area contributed by atoms with E-state index in [-0.39, 0.29) is 0 Å². The van der Waals surface area contributed by atoms with Crippen LogP contribution in [-0.2, 0) is 25.9 Å². The number of pyridine rings is 2. The Bertz CT molecular complexity index is 867. The molecule has 3 heterocycles. The van der Waals surface area contributed by atoms with Gasteiger partial charge < -0.3 is 0 Å². The van der Waals surface area contributed by atoms with Gasteiger partial charge in [-0.25, -0.2) is 9.13 Å². The van der Waals surface area contributed by atoms with E-state index in [1.165, 1.54) is 140 Å². The minimum Gasteiger partial charge on any atom is -0.205 e. The van der Waals surface area contributed by atoms with Crippen LogP contribution in [0.2, 0.25) is 0 Å². The van der Waals surface area contributed by atoms with Crippen LogP contribution < -0.4 is 9.13 Å². The number of aromatic nitrogens is 2. The monoisotopic (exact) mass is 544 g/mol. The topological polar surface area (TPSA) is 7.76 Å². The van der Waals surface area contributed by atoms with E-state index in [9.17, 15) is 0 Å². The van der Waals surface area contributed by atoms with Gasteiger partial charge in [-0.3, -0.25) is 0 Å². The molecule has 2 heteroatoms. The fourth-order valence-electron chi connectivity index (χ4n) is 5.93. The molecule has 0 saturated heterocycles. The van der Waals surface area contributed by atoms with E-state index in [0.717, 1.165) is 25.9 Å². The summed E-state index contributed by atoms with van der Waals surface area (Å²) in [7, 11) is 0. The number of fused-ring (bicyclic) bond motifs is 4. The molecule has 0 amide bonds. The molecule has 1 aliphatic rings. The Morgan fingerprint density at radius 3 is 1.12 bits per heavy atom. The lowest BCUT2D eigenvalue weighted by atomic mass is 10.1. The number of hydrogen-bond acceptors (Lipinski definition) is 0. The van der Waals surface area contributed by atoms with Crippen molar-refractivity contribution >= 4 is 0 Å². The van der Waals surface area contributed by atoms with Crippen LogP contribution in [0, 0.1) is 0 Å². The third-order valence-electron chi connectivity index (χ3n) is 8.45. The van der Waals surface area contributed by atoms with Crippen LogP contribution in [0.25, 0.3) is 0 Å². The highest BCUT2D eigenvalue weighted by molar-refractivity contribution is 5.10. The minimum absolute atomic E-state index is 1.07. The van der Waals surface area contributed by atoms with Crippen LogP contribution in [0.1, 0.15) is 140 Å². The standard InChI is InChI=1S/C38H60N2/c1-3-7-11-15-19-23-31-39-33-26-30-38(36-39)28-22-18-14-10-6-2-4-8-12-16-20-24-32-40-34-25-29-37(35-40)27-21-17-13-9-5-1/h17-18,21-22,25-26,29-30,33-36H,1-16,19-20,23-24,27-28,31-32H2/q+2/b21-17+,22-18+. The highest BCUT2D eigenvalue weighted by Gasteiger charge is 2.04. The predicted octanol–water partition coefficient (Wildman–Crippen LogP) is 9.97. The van der Waals surface area contributed by atoms with Crippen molar-refractivity contribution in [1.82, 2.24) is 0 Å². The zero-order chi connectivity index (χ0) is 27.8. The number of nitrogens with zero attached hydrogens (tertiary/aromatic N) is 2. The molecule has 1 aliphatic heterocycles. The molecule has 3 rings (SSSR count). The Hall–Kier alpha value is -2.22. The first-order valence-corrected chi connectivity index (χ1v) is 17.2. The summed E-state index contributed by atoms with van der Waals surface area (Å²) in [5, 5.41) is 0. The summed E-state index contributed by atoms with van der Waals surface area (Å²) in [5.41, 5.74) is 2.89. The summed E-state index contributed by atoms with van der Waals surface area (Å²) in [6.45, 7) is 2.32. The number of rotatable bonds is 0. The first-order chi connectivity index (χ1) is 19.9. The average Bonchev–Trinajstić information content (AvgIpc) is 2.97. The molecular weight excluding hydrogens is 484 g/mol. The highest BCUT2D eigenvalue weighted by atomic mass is 14.9. The molecule has 2 aromatic heterocycles. The van der Waals surface area contributed by atoms with Crippen molar-refractivity contribution in [3.05, 3.63) is 84.5 Å². The molecule has 2 nitrogen and oxygen atoms in total. The van der Waals surface area contributed by atoms with E-state index in [4.69, 9.17) is 0 Å². The quantitative estimate of drug-likeness (QED) is 0.230. The largest absolute Gasteiger partial charge is 0.205 e. The molecule has 0 unspecified atom stereocenters. The van der Waals surface area contributed by atoms with Crippen molar-refractivity contribution in [2.45, 2.75) is 154 Å². The van der Waals surface area contributed by atoms with Gasteiger partial charge in [-0.15, -0.1) is 0 Å². The van der Waals surface area contributed by atoms with E-state index in [2.05, 4.69) is 82.5 Å². The summed E-state index contributed by atoms with van der Waals surface area (Å²) in [6, 6.07) is 9.01. The SMILES string of the molecule is C1=C/Cc2ccc[n+](c2)CCCCCCCCCCC/C=C/Cc2ccc[n+](c2)CCCCCCCCCCC/1. The maximum absolute atomic E-state index is 2.41. The summed E-state index contributed by atoms with van der Waals surface area (Å²) >= 11 is 0. The van der Waals surface area contributed by atoms with Gasteiger partial charge in [0.2, 0.25) is 0 Å². The predicted molar refractivity (Wildman–Crippen MR) is 171 cm³/mol. The molecule has 0 atom stereocenters. The van der Waals surface area contributed by atoms with Crippen LogP contribution in [-0.4, -0.2) is 0 Å². The Labute approximate surface area is 247 Å². The van der Waals surface area contributed by atoms with Gasteiger partial charge in [0.25, 0.3) is 0 Å². The summed E-state index contributed by atoms with van der Waals surface area (Å²) < 4.78 is 4.81. The Morgan fingerprint density at radius 1 is 0.375 bits per heavy atom. The zero-order valence-electron chi connectivity index (χ0n) is 25.8. The van der Waals surface area contributed by atoms with Gasteiger partial charge >= 0.3 is 0 Å². The van der Waals surface area contributed by atoms with Crippen molar-refractivity contribution in [1.29, 1.82) is 0 Å². The van der Waals surface area contributed by atoms with Crippen molar-refractivity contribution in [2.75, 3.05) is 0 Å². The first-order valence-electron chi connectivity index (χ1n) is 17.2. The van der Waals surface area contributed by atoms with Gasteiger partial charge in [0.15, 0.2) is 24.8 Å². The lowest BCUT2D eigenvalue weighted by molar-refractivity contribution is -0.697. The third-order valence-corrected chi connectivity index (χ3v) is 8.45. The van der Waals surface area contributed by atoms with Gasteiger partial charge in [-0.05, 0) is 63.5 Å². The minimum atomic E-state index is 1.07. The van der Waals surface area contributed by atoms with Crippen molar-refractivity contribution in [3.63, 3.8) is 0 Å². The molecule has 220 valence electrons. The lowest BCUT2D eigenvalue weighted by Crippen LogP contribution is -2.33. The molecule has 0 spiro atoms. The first kappa shape index (κ1) is 32.3. The van der Waals surface area contributed by atoms with E-state index in [1.54, 1.807) is 0 Å². The molecule has 4 bridgehead atoms. The van der Waals surface area contributed by atoms with Crippen LogP contribution >= 0.6 is 0 Å². The molecule has 0 saturated carbocycles. The molecule has 0 fully saturated rings. The zero-order valence-corrected chi connectivity index (χ0v) is 25.8. The van der Waals surface area contributed by atoms with Crippen LogP contribution in [0.5, 0.6) is 0 Å². The van der Waals surface area contributed by atoms with Gasteiger partial charge in [0, 0.05) is 36.1 Å². The molecule has 0 N–H and O–H groups in total. The van der Waals surface area contributed by atoms with Crippen LogP contribution in [0.4, 0.5) is 0 Å². The maximum atomic E-state index is 2.41. The molecule has 0 radical (unpaired) electrons. The fourth-order valence-corrected chi connectivity index (χ4v) is 5.93. The Kier molecular flexibility index (Phi) is 18.1. The van der Waals surface area contributed by atoms with Gasteiger partial charge in [0.05, 0.1) is 0 Å². The van der Waals surface area contributed by atoms with E-state index in [0.29, 0.717) is 0 Å². The lowest BCUT2D eigenvalue weighted by Gasteiger charge is -2.03. The van der Waals surface area contributed by atoms with Gasteiger partial charge in [-0.1, -0.05) is 101 Å². The second kappa shape index (κ2) is 22.5. The average molecular weight is 545 g/mol. The summed E-state index contributed by atoms with van der Waals surface area (Å²) in [4.78, 5) is 0. The number of allylic oxidation sites excluding steroid dienone is 4. The van der Waals surface area contributed by atoms with E-state index < -0.39 is 0 Å². The third kappa shape index (κ3) is 16.1. The van der Waals surface area contributed by atoms with Crippen LogP contribution in [0.3, 0.4) is 0 Å². The molecule has 0 aliphatic carbocycles. The van der Waals surface area contributed by atoms with Crippen molar-refractivity contribution in [3.8, 4) is 0 Å². The van der Waals surface area contributed by atoms with Crippen molar-refractivity contribution < 1.29 is 9.13 Å². The van der Waals surface area contributed by atoms with Crippen molar-refractivity contribution in [2.24, 2.45) is 0 Å². The smallest absolute Gasteiger partial charge is 0.172 e. The van der Waals surface area contributed by atoms with E-state index in [1.807, 2.05) is 0 Å². The summed E-state index contributed by atoms with van der Waals surface area (Å²) in [6.07, 6.45) is 48.3. The molecule has 0 aromatic carbocycles. The Balaban J connectivity index is 1.36. The second-order valence-corrected chi connectivity index (χ2v) is 12.2. The maximum Gasteiger partial charge on any atom is 0.172 e. The normalized spacial score (nSPS) is 21.0. The number of hydrogen-bond donors (Lipinski definition) is 0. The number of aryl methyl sites for hydroxylation is 2. The fraction of sp³-hybridized carbons (Fsp3) is 0.632. The highest BCUT2D eigenvalue weighted by Crippen LogP contribution is 2.13. The van der Waals surface area contributed by atoms with Gasteiger partial charge in [0.1, 0.15) is 13.1 Å². The van der Waals surface area contributed by atoms with Gasteiger partial charge in [-0.2, -0.15) is 0 Å². The Morgan fingerprint density at radius 2 is 0.725 bits per heavy atom. The van der Waals surface area contributed by atoms with E-state index >= 15 is 0 Å².